The smallest absolute Gasteiger partial charge is 0.255 e. The van der Waals surface area contributed by atoms with Crippen LogP contribution in [0.2, 0.25) is 5.15 Å². The number of primary amides is 1. The molecule has 1 aromatic rings. The van der Waals surface area contributed by atoms with Gasteiger partial charge in [-0.1, -0.05) is 11.6 Å². The van der Waals surface area contributed by atoms with Crippen LogP contribution in [0, 0.1) is 0 Å². The highest BCUT2D eigenvalue weighted by Crippen LogP contribution is 2.16. The molecule has 6 heteroatoms. The number of aromatic amines is 1. The lowest BCUT2D eigenvalue weighted by atomic mass is 10.3. The molecule has 5 N–H and O–H groups in total. The van der Waals surface area contributed by atoms with Gasteiger partial charge in [0.1, 0.15) is 10.7 Å². The molecule has 0 aliphatic rings. The van der Waals surface area contributed by atoms with Gasteiger partial charge in [-0.3, -0.25) is 9.89 Å². The maximum atomic E-state index is 10.5. The fraction of sp³-hybridized carbons (Fsp3) is 0. The van der Waals surface area contributed by atoms with Crippen molar-refractivity contribution in [2.45, 2.75) is 0 Å². The molecule has 1 amide bonds. The highest BCUT2D eigenvalue weighted by atomic mass is 35.5. The number of nitrogens with two attached hydrogens (primary N) is 2. The van der Waals surface area contributed by atoms with Crippen molar-refractivity contribution in [3.05, 3.63) is 10.7 Å². The molecule has 0 spiro atoms. The lowest BCUT2D eigenvalue weighted by Gasteiger charge is -1.88. The number of halogens is 1. The van der Waals surface area contributed by atoms with Gasteiger partial charge in [0.25, 0.3) is 5.91 Å². The Morgan fingerprint density at radius 2 is 2.30 bits per heavy atom. The molecule has 10 heavy (non-hydrogen) atoms. The number of nitrogens with zero attached hydrogens (tertiary/aromatic N) is 1. The number of carbonyl (C=O) groups is 1. The van der Waals surface area contributed by atoms with Crippen LogP contribution in [0.5, 0.6) is 0 Å². The van der Waals surface area contributed by atoms with Gasteiger partial charge in [0.05, 0.1) is 0 Å². The minimum absolute atomic E-state index is 0.0255. The Kier molecular flexibility index (Phi) is 1.50. The lowest BCUT2D eigenvalue weighted by molar-refractivity contribution is 0.100. The summed E-state index contributed by atoms with van der Waals surface area (Å²) in [6, 6.07) is 0. The van der Waals surface area contributed by atoms with Crippen molar-refractivity contribution in [3.8, 4) is 0 Å². The van der Waals surface area contributed by atoms with Crippen LogP contribution in [0.1, 0.15) is 10.4 Å². The van der Waals surface area contributed by atoms with E-state index in [2.05, 4.69) is 10.2 Å². The van der Waals surface area contributed by atoms with E-state index in [4.69, 9.17) is 23.1 Å². The van der Waals surface area contributed by atoms with Gasteiger partial charge in [0.2, 0.25) is 0 Å². The molecule has 0 aliphatic carbocycles. The van der Waals surface area contributed by atoms with E-state index >= 15 is 0 Å². The van der Waals surface area contributed by atoms with Crippen LogP contribution in [-0.4, -0.2) is 16.1 Å². The van der Waals surface area contributed by atoms with Gasteiger partial charge < -0.3 is 11.5 Å². The third-order valence-corrected chi connectivity index (χ3v) is 1.27. The molecule has 0 fully saturated rings. The quantitative estimate of drug-likeness (QED) is 0.528. The second-order valence-electron chi connectivity index (χ2n) is 1.66. The number of H-pyrrole nitrogens is 1. The van der Waals surface area contributed by atoms with Gasteiger partial charge in [-0.25, -0.2) is 0 Å². The molecule has 1 rings (SSSR count). The summed E-state index contributed by atoms with van der Waals surface area (Å²) in [6.45, 7) is 0. The molecule has 0 atom stereocenters. The summed E-state index contributed by atoms with van der Waals surface area (Å²) in [4.78, 5) is 10.5. The molecule has 0 aliphatic heterocycles. The van der Waals surface area contributed by atoms with Crippen molar-refractivity contribution in [1.29, 1.82) is 0 Å². The van der Waals surface area contributed by atoms with Crippen LogP contribution in [-0.2, 0) is 0 Å². The summed E-state index contributed by atoms with van der Waals surface area (Å²) in [6.07, 6.45) is 0. The minimum Gasteiger partial charge on any atom is -0.382 e. The molecule has 54 valence electrons. The van der Waals surface area contributed by atoms with Gasteiger partial charge in [-0.05, 0) is 0 Å². The van der Waals surface area contributed by atoms with E-state index in [0.29, 0.717) is 0 Å². The second-order valence-corrected chi connectivity index (χ2v) is 2.04. The van der Waals surface area contributed by atoms with Crippen LogP contribution >= 0.6 is 11.6 Å². The van der Waals surface area contributed by atoms with E-state index in [1.54, 1.807) is 0 Å². The average molecular weight is 161 g/mol. The largest absolute Gasteiger partial charge is 0.382 e. The Labute approximate surface area is 61.3 Å². The Morgan fingerprint density at radius 1 is 1.70 bits per heavy atom. The van der Waals surface area contributed by atoms with Gasteiger partial charge in [-0.2, -0.15) is 5.10 Å². The van der Waals surface area contributed by atoms with E-state index in [0.717, 1.165) is 0 Å². The second kappa shape index (κ2) is 2.18. The highest BCUT2D eigenvalue weighted by Gasteiger charge is 2.13. The highest BCUT2D eigenvalue weighted by molar-refractivity contribution is 6.33. The fourth-order valence-corrected chi connectivity index (χ4v) is 0.800. The molecule has 1 heterocycles. The van der Waals surface area contributed by atoms with E-state index < -0.39 is 5.91 Å². The SMILES string of the molecule is NC(=O)c1c(N)n[nH]c1Cl. The zero-order valence-electron chi connectivity index (χ0n) is 4.89. The third kappa shape index (κ3) is 0.906. The molecular weight excluding hydrogens is 156 g/mol. The molecule has 5 nitrogen and oxygen atoms in total. The summed E-state index contributed by atoms with van der Waals surface area (Å²) in [5, 5.41) is 5.84. The summed E-state index contributed by atoms with van der Waals surface area (Å²) in [5.41, 5.74) is 10.2. The van der Waals surface area contributed by atoms with Crippen LogP contribution in [0.4, 0.5) is 5.82 Å². The molecular formula is C4H5ClN4O. The number of nitrogens with one attached hydrogen (secondary N) is 1. The number of carbonyl (C=O) groups excluding carboxylic acids is 1. The Morgan fingerprint density at radius 3 is 2.50 bits per heavy atom. The first-order valence-corrected chi connectivity index (χ1v) is 2.80. The molecule has 0 aromatic carbocycles. The van der Waals surface area contributed by atoms with E-state index in [1.807, 2.05) is 0 Å². The number of hydrogen-bond donors (Lipinski definition) is 3. The number of hydrogen-bond acceptors (Lipinski definition) is 3. The van der Waals surface area contributed by atoms with Crippen molar-refractivity contribution in [1.82, 2.24) is 10.2 Å². The van der Waals surface area contributed by atoms with Crippen molar-refractivity contribution in [3.63, 3.8) is 0 Å². The molecule has 0 radical (unpaired) electrons. The van der Waals surface area contributed by atoms with Gasteiger partial charge >= 0.3 is 0 Å². The van der Waals surface area contributed by atoms with Gasteiger partial charge in [0, 0.05) is 0 Å². The van der Waals surface area contributed by atoms with Crippen LogP contribution in [0.3, 0.4) is 0 Å². The van der Waals surface area contributed by atoms with Crippen LogP contribution in [0.25, 0.3) is 0 Å². The van der Waals surface area contributed by atoms with E-state index in [1.165, 1.54) is 0 Å². The zero-order valence-corrected chi connectivity index (χ0v) is 5.64. The maximum Gasteiger partial charge on any atom is 0.255 e. The van der Waals surface area contributed by atoms with Crippen molar-refractivity contribution >= 4 is 23.3 Å². The van der Waals surface area contributed by atoms with Gasteiger partial charge in [-0.15, -0.1) is 0 Å². The predicted molar refractivity (Wildman–Crippen MR) is 36.5 cm³/mol. The minimum atomic E-state index is -0.684. The molecule has 1 aromatic heterocycles. The number of nitrogen functional groups attached to an aromatic ring is 1. The number of amides is 1. The van der Waals surface area contributed by atoms with Crippen molar-refractivity contribution < 1.29 is 4.79 Å². The summed E-state index contributed by atoms with van der Waals surface area (Å²) >= 11 is 5.44. The Hall–Kier alpha value is -1.23. The maximum absolute atomic E-state index is 10.5. The van der Waals surface area contributed by atoms with Gasteiger partial charge in [0.15, 0.2) is 5.82 Å². The Bertz CT molecular complexity index is 249. The zero-order chi connectivity index (χ0) is 7.72. The summed E-state index contributed by atoms with van der Waals surface area (Å²) in [7, 11) is 0. The standard InChI is InChI=1S/C4H5ClN4O/c5-2-1(4(7)10)3(6)9-8-2/h(H2,7,10)(H3,6,8,9). The topological polar surface area (TPSA) is 97.8 Å². The molecule has 0 saturated carbocycles. The Balaban J connectivity index is 3.23. The van der Waals surface area contributed by atoms with E-state index in [9.17, 15) is 4.79 Å². The molecule has 0 unspecified atom stereocenters. The third-order valence-electron chi connectivity index (χ3n) is 0.997. The van der Waals surface area contributed by atoms with E-state index in [-0.39, 0.29) is 16.5 Å². The van der Waals surface area contributed by atoms with Crippen LogP contribution < -0.4 is 11.5 Å². The predicted octanol–water partition coefficient (Wildman–Crippen LogP) is -0.256. The van der Waals surface area contributed by atoms with Crippen molar-refractivity contribution in [2.24, 2.45) is 5.73 Å². The van der Waals surface area contributed by atoms with Crippen LogP contribution in [0.15, 0.2) is 0 Å². The molecule has 0 bridgehead atoms. The summed E-state index contributed by atoms with van der Waals surface area (Å²) in [5.74, 6) is -0.659. The number of aromatic nitrogens is 2. The lowest BCUT2D eigenvalue weighted by Crippen LogP contribution is -2.12. The fourth-order valence-electron chi connectivity index (χ4n) is 0.568. The average Bonchev–Trinajstić information content (AvgIpc) is 2.11. The first-order chi connectivity index (χ1) is 4.63. The normalized spacial score (nSPS) is 9.70. The first kappa shape index (κ1) is 6.88. The number of anilines is 1. The monoisotopic (exact) mass is 160 g/mol. The number of rotatable bonds is 1. The first-order valence-electron chi connectivity index (χ1n) is 2.42. The van der Waals surface area contributed by atoms with Crippen molar-refractivity contribution in [2.75, 3.05) is 5.73 Å². The molecule has 0 saturated heterocycles. The summed E-state index contributed by atoms with van der Waals surface area (Å²) < 4.78 is 0.